The molecular formula is C25H26ClN7O3. The number of rotatable bonds is 7. The van der Waals surface area contributed by atoms with Crippen molar-refractivity contribution in [2.45, 2.75) is 44.7 Å². The molecule has 2 amide bonds. The number of hydrogen-bond donors (Lipinski definition) is 2. The molecule has 186 valence electrons. The summed E-state index contributed by atoms with van der Waals surface area (Å²) < 4.78 is 8.55. The molecule has 0 radical (unpaired) electrons. The molecule has 0 saturated heterocycles. The first-order chi connectivity index (χ1) is 17.5. The molecular weight excluding hydrogens is 482 g/mol. The number of ether oxygens (including phenoxy) is 1. The van der Waals surface area contributed by atoms with E-state index in [2.05, 4.69) is 25.8 Å². The number of carbonyl (C=O) groups is 2. The van der Waals surface area contributed by atoms with Crippen molar-refractivity contribution in [1.29, 1.82) is 0 Å². The van der Waals surface area contributed by atoms with E-state index in [9.17, 15) is 9.59 Å². The van der Waals surface area contributed by atoms with Gasteiger partial charge in [-0.25, -0.2) is 9.50 Å². The minimum Gasteiger partial charge on any atom is -0.496 e. The average Bonchev–Trinajstić information content (AvgIpc) is 3.48. The minimum absolute atomic E-state index is 0.0144. The van der Waals surface area contributed by atoms with E-state index < -0.39 is 5.91 Å². The minimum atomic E-state index is -0.405. The predicted molar refractivity (Wildman–Crippen MR) is 135 cm³/mol. The van der Waals surface area contributed by atoms with E-state index in [1.54, 1.807) is 50.0 Å². The molecule has 0 spiro atoms. The SMILES string of the molecule is COc1ccc(Cl)cc1-c1nn(CC(=O)NC2CCCCC2)cc1NC(=O)c1cnn2cccnc12. The molecule has 1 aromatic carbocycles. The smallest absolute Gasteiger partial charge is 0.261 e. The van der Waals surface area contributed by atoms with Crippen molar-refractivity contribution in [2.75, 3.05) is 12.4 Å². The number of nitrogens with one attached hydrogen (secondary N) is 2. The van der Waals surface area contributed by atoms with Gasteiger partial charge in [-0.05, 0) is 37.1 Å². The lowest BCUT2D eigenvalue weighted by Gasteiger charge is -2.22. The lowest BCUT2D eigenvalue weighted by Crippen LogP contribution is -2.38. The summed E-state index contributed by atoms with van der Waals surface area (Å²) in [7, 11) is 1.55. The maximum Gasteiger partial charge on any atom is 0.261 e. The Balaban J connectivity index is 1.46. The van der Waals surface area contributed by atoms with Crippen LogP contribution in [0.15, 0.2) is 49.1 Å². The maximum absolute atomic E-state index is 13.2. The van der Waals surface area contributed by atoms with Crippen LogP contribution in [0.1, 0.15) is 42.5 Å². The number of carbonyl (C=O) groups excluding carboxylic acids is 2. The van der Waals surface area contributed by atoms with Gasteiger partial charge in [0.1, 0.15) is 23.6 Å². The lowest BCUT2D eigenvalue weighted by atomic mass is 9.95. The third-order valence-electron chi connectivity index (χ3n) is 6.23. The van der Waals surface area contributed by atoms with Gasteiger partial charge >= 0.3 is 0 Å². The van der Waals surface area contributed by atoms with Gasteiger partial charge in [0.25, 0.3) is 5.91 Å². The Morgan fingerprint density at radius 3 is 2.86 bits per heavy atom. The molecule has 1 aliphatic rings. The van der Waals surface area contributed by atoms with Crippen molar-refractivity contribution < 1.29 is 14.3 Å². The third-order valence-corrected chi connectivity index (χ3v) is 6.46. The van der Waals surface area contributed by atoms with Crippen LogP contribution in [0.2, 0.25) is 5.02 Å². The van der Waals surface area contributed by atoms with Crippen LogP contribution in [0.4, 0.5) is 5.69 Å². The Hall–Kier alpha value is -3.92. The molecule has 1 saturated carbocycles. The summed E-state index contributed by atoms with van der Waals surface area (Å²) in [6, 6.07) is 7.07. The highest BCUT2D eigenvalue weighted by molar-refractivity contribution is 6.31. The Bertz CT molecular complexity index is 1410. The normalized spacial score (nSPS) is 14.1. The van der Waals surface area contributed by atoms with E-state index in [1.165, 1.54) is 21.8 Å². The van der Waals surface area contributed by atoms with Crippen molar-refractivity contribution in [2.24, 2.45) is 0 Å². The molecule has 0 atom stereocenters. The number of nitrogens with zero attached hydrogens (tertiary/aromatic N) is 5. The number of aromatic nitrogens is 5. The molecule has 3 aromatic heterocycles. The molecule has 3 heterocycles. The van der Waals surface area contributed by atoms with Crippen LogP contribution in [0.3, 0.4) is 0 Å². The summed E-state index contributed by atoms with van der Waals surface area (Å²) in [4.78, 5) is 30.2. The number of methoxy groups -OCH3 is 1. The first-order valence-electron chi connectivity index (χ1n) is 11.8. The quantitative estimate of drug-likeness (QED) is 0.391. The molecule has 4 aromatic rings. The topological polar surface area (TPSA) is 115 Å². The van der Waals surface area contributed by atoms with Gasteiger partial charge in [-0.15, -0.1) is 0 Å². The largest absolute Gasteiger partial charge is 0.496 e. The first-order valence-corrected chi connectivity index (χ1v) is 12.2. The zero-order valence-corrected chi connectivity index (χ0v) is 20.5. The molecule has 0 aliphatic heterocycles. The molecule has 2 N–H and O–H groups in total. The van der Waals surface area contributed by atoms with Crippen LogP contribution in [-0.2, 0) is 11.3 Å². The lowest BCUT2D eigenvalue weighted by molar-refractivity contribution is -0.122. The predicted octanol–water partition coefficient (Wildman–Crippen LogP) is 3.96. The maximum atomic E-state index is 13.2. The number of fused-ring (bicyclic) bond motifs is 1. The fourth-order valence-electron chi connectivity index (χ4n) is 4.50. The van der Waals surface area contributed by atoms with Gasteiger partial charge in [-0.3, -0.25) is 14.3 Å². The van der Waals surface area contributed by atoms with Crippen LogP contribution < -0.4 is 15.4 Å². The van der Waals surface area contributed by atoms with Crippen LogP contribution >= 0.6 is 11.6 Å². The van der Waals surface area contributed by atoms with E-state index in [4.69, 9.17) is 16.3 Å². The van der Waals surface area contributed by atoms with Crippen LogP contribution in [0.5, 0.6) is 5.75 Å². The van der Waals surface area contributed by atoms with Gasteiger partial charge in [0.15, 0.2) is 5.65 Å². The van der Waals surface area contributed by atoms with E-state index in [0.29, 0.717) is 38.9 Å². The molecule has 11 heteroatoms. The Labute approximate surface area is 212 Å². The number of amides is 2. The van der Waals surface area contributed by atoms with Crippen molar-refractivity contribution in [3.05, 3.63) is 59.6 Å². The van der Waals surface area contributed by atoms with Gasteiger partial charge in [-0.2, -0.15) is 10.2 Å². The van der Waals surface area contributed by atoms with Crippen LogP contribution in [0, 0.1) is 0 Å². The van der Waals surface area contributed by atoms with E-state index in [0.717, 1.165) is 25.7 Å². The molecule has 0 bridgehead atoms. The van der Waals surface area contributed by atoms with Gasteiger partial charge in [0.2, 0.25) is 5.91 Å². The van der Waals surface area contributed by atoms with Crippen molar-refractivity contribution in [1.82, 2.24) is 29.7 Å². The summed E-state index contributed by atoms with van der Waals surface area (Å²) in [5.41, 5.74) is 2.15. The molecule has 10 nitrogen and oxygen atoms in total. The fraction of sp³-hybridized carbons (Fsp3) is 0.320. The first kappa shape index (κ1) is 23.8. The van der Waals surface area contributed by atoms with Gasteiger partial charge in [-0.1, -0.05) is 30.9 Å². The van der Waals surface area contributed by atoms with E-state index >= 15 is 0 Å². The highest BCUT2D eigenvalue weighted by Gasteiger charge is 2.22. The zero-order chi connectivity index (χ0) is 25.1. The van der Waals surface area contributed by atoms with Crippen LogP contribution in [0.25, 0.3) is 16.9 Å². The van der Waals surface area contributed by atoms with E-state index in [1.807, 2.05) is 0 Å². The standard InChI is InChI=1S/C25H26ClN7O3/c1-36-21-9-8-16(26)12-18(21)23-20(30-25(35)19-13-28-33-11-5-10-27-24(19)33)14-32(31-23)15-22(34)29-17-6-3-2-4-7-17/h5,8-14,17H,2-4,6-7,15H2,1H3,(H,29,34)(H,30,35). The van der Waals surface area contributed by atoms with Gasteiger partial charge < -0.3 is 15.4 Å². The Morgan fingerprint density at radius 2 is 2.06 bits per heavy atom. The average molecular weight is 508 g/mol. The van der Waals surface area contributed by atoms with Crippen molar-refractivity contribution in [3.63, 3.8) is 0 Å². The number of hydrogen-bond acceptors (Lipinski definition) is 6. The highest BCUT2D eigenvalue weighted by atomic mass is 35.5. The number of halogens is 1. The molecule has 36 heavy (non-hydrogen) atoms. The number of anilines is 1. The molecule has 0 unspecified atom stereocenters. The second kappa shape index (κ2) is 10.4. The highest BCUT2D eigenvalue weighted by Crippen LogP contribution is 2.36. The number of benzene rings is 1. The fourth-order valence-corrected chi connectivity index (χ4v) is 4.67. The molecule has 1 fully saturated rings. The summed E-state index contributed by atoms with van der Waals surface area (Å²) in [6.45, 7) is 0.0144. The molecule has 5 rings (SSSR count). The van der Waals surface area contributed by atoms with Crippen LogP contribution in [-0.4, -0.2) is 49.3 Å². The Kier molecular flexibility index (Phi) is 6.86. The third kappa shape index (κ3) is 5.03. The van der Waals surface area contributed by atoms with Gasteiger partial charge in [0, 0.05) is 35.2 Å². The summed E-state index contributed by atoms with van der Waals surface area (Å²) in [5, 5.41) is 15.3. The monoisotopic (exact) mass is 507 g/mol. The second-order valence-electron chi connectivity index (χ2n) is 8.74. The summed E-state index contributed by atoms with van der Waals surface area (Å²) in [6.07, 6.45) is 11.8. The molecule has 1 aliphatic carbocycles. The second-order valence-corrected chi connectivity index (χ2v) is 9.17. The zero-order valence-electron chi connectivity index (χ0n) is 19.8. The van der Waals surface area contributed by atoms with Crippen molar-refractivity contribution >= 4 is 34.7 Å². The van der Waals surface area contributed by atoms with Gasteiger partial charge in [0.05, 0.1) is 19.0 Å². The van der Waals surface area contributed by atoms with E-state index in [-0.39, 0.29) is 18.5 Å². The Morgan fingerprint density at radius 1 is 1.22 bits per heavy atom. The van der Waals surface area contributed by atoms with Crippen molar-refractivity contribution in [3.8, 4) is 17.0 Å². The summed E-state index contributed by atoms with van der Waals surface area (Å²) in [5.74, 6) is 0.000298. The summed E-state index contributed by atoms with van der Waals surface area (Å²) >= 11 is 6.27.